The van der Waals surface area contributed by atoms with Gasteiger partial charge in [-0.1, -0.05) is 60.7 Å². The second-order valence-corrected chi connectivity index (χ2v) is 8.98. The number of ether oxygens (including phenoxy) is 1. The zero-order valence-corrected chi connectivity index (χ0v) is 18.2. The van der Waals surface area contributed by atoms with Crippen LogP contribution in [0.25, 0.3) is 0 Å². The van der Waals surface area contributed by atoms with Gasteiger partial charge in [0, 0.05) is 18.7 Å². The minimum atomic E-state index is -4.16. The van der Waals surface area contributed by atoms with E-state index in [1.54, 1.807) is 14.0 Å². The third-order valence-corrected chi connectivity index (χ3v) is 7.04. The molecular formula is C23H24N2O5S. The van der Waals surface area contributed by atoms with Gasteiger partial charge in [-0.25, -0.2) is 8.42 Å². The molecule has 0 aliphatic carbocycles. The Kier molecular flexibility index (Phi) is 7.04. The first kappa shape index (κ1) is 22.5. The molecule has 1 atom stereocenters. The highest BCUT2D eigenvalue weighted by Crippen LogP contribution is 2.30. The van der Waals surface area contributed by atoms with Gasteiger partial charge >= 0.3 is 0 Å². The van der Waals surface area contributed by atoms with Gasteiger partial charge in [-0.2, -0.15) is 4.31 Å². The van der Waals surface area contributed by atoms with E-state index in [1.807, 2.05) is 54.6 Å². The van der Waals surface area contributed by atoms with Crippen LogP contribution in [0.3, 0.4) is 0 Å². The summed E-state index contributed by atoms with van der Waals surface area (Å²) < 4.78 is 34.0. The number of hydrogen-bond donors (Lipinski definition) is 0. The van der Waals surface area contributed by atoms with Crippen molar-refractivity contribution in [2.75, 3.05) is 7.11 Å². The first-order chi connectivity index (χ1) is 14.8. The van der Waals surface area contributed by atoms with Gasteiger partial charge < -0.3 is 4.74 Å². The number of sulfonamides is 1. The van der Waals surface area contributed by atoms with E-state index in [2.05, 4.69) is 0 Å². The van der Waals surface area contributed by atoms with Gasteiger partial charge in [-0.05, 0) is 36.6 Å². The fraction of sp³-hybridized carbons (Fsp3) is 0.217. The summed E-state index contributed by atoms with van der Waals surface area (Å²) >= 11 is 0. The molecule has 0 heterocycles. The molecule has 31 heavy (non-hydrogen) atoms. The Hall–Kier alpha value is -3.23. The normalized spacial score (nSPS) is 12.5. The predicted molar refractivity (Wildman–Crippen MR) is 118 cm³/mol. The molecule has 0 saturated carbocycles. The van der Waals surface area contributed by atoms with Gasteiger partial charge in [0.1, 0.15) is 5.75 Å². The first-order valence-electron chi connectivity index (χ1n) is 9.75. The van der Waals surface area contributed by atoms with Crippen LogP contribution in [-0.2, 0) is 23.0 Å². The summed E-state index contributed by atoms with van der Waals surface area (Å²) in [7, 11) is -2.60. The fourth-order valence-corrected chi connectivity index (χ4v) is 5.26. The lowest BCUT2D eigenvalue weighted by Crippen LogP contribution is -2.39. The Morgan fingerprint density at radius 2 is 1.58 bits per heavy atom. The fourth-order valence-electron chi connectivity index (χ4n) is 3.49. The molecule has 8 heteroatoms. The van der Waals surface area contributed by atoms with E-state index in [0.29, 0.717) is 12.2 Å². The summed E-state index contributed by atoms with van der Waals surface area (Å²) in [5.41, 5.74) is 1.20. The van der Waals surface area contributed by atoms with Gasteiger partial charge in [0.25, 0.3) is 5.69 Å². The van der Waals surface area contributed by atoms with Crippen molar-refractivity contribution in [1.82, 2.24) is 4.31 Å². The molecule has 0 N–H and O–H groups in total. The van der Waals surface area contributed by atoms with Crippen molar-refractivity contribution in [3.63, 3.8) is 0 Å². The number of rotatable bonds is 9. The molecule has 0 saturated heterocycles. The van der Waals surface area contributed by atoms with Gasteiger partial charge in [0.15, 0.2) is 4.90 Å². The average molecular weight is 441 g/mol. The van der Waals surface area contributed by atoms with Crippen molar-refractivity contribution < 1.29 is 18.1 Å². The summed E-state index contributed by atoms with van der Waals surface area (Å²) in [5.74, 6) is 0.664. The molecular weight excluding hydrogens is 416 g/mol. The topological polar surface area (TPSA) is 89.8 Å². The zero-order valence-electron chi connectivity index (χ0n) is 17.3. The lowest BCUT2D eigenvalue weighted by molar-refractivity contribution is -0.387. The van der Waals surface area contributed by atoms with Gasteiger partial charge in [-0.15, -0.1) is 0 Å². The summed E-state index contributed by atoms with van der Waals surface area (Å²) in [6, 6.07) is 21.5. The molecule has 7 nitrogen and oxygen atoms in total. The second-order valence-electron chi connectivity index (χ2n) is 7.13. The van der Waals surface area contributed by atoms with E-state index in [4.69, 9.17) is 4.74 Å². The van der Waals surface area contributed by atoms with Crippen molar-refractivity contribution in [2.24, 2.45) is 0 Å². The number of nitrogens with zero attached hydrogens (tertiary/aromatic N) is 2. The second kappa shape index (κ2) is 9.72. The number of nitro benzene ring substituents is 1. The smallest absolute Gasteiger partial charge is 0.289 e. The summed E-state index contributed by atoms with van der Waals surface area (Å²) in [6.45, 7) is 1.88. The zero-order chi connectivity index (χ0) is 22.4. The lowest BCUT2D eigenvalue weighted by atomic mass is 10.1. The standard InChI is InChI=1S/C23H24N2O5S/c1-18(16-20-12-6-8-14-22(20)30-2)24(17-19-10-4-3-5-11-19)31(28,29)23-15-9-7-13-21(23)25(26)27/h3-15,18H,16-17H2,1-2H3. The van der Waals surface area contributed by atoms with Crippen LogP contribution in [0.5, 0.6) is 5.75 Å². The third kappa shape index (κ3) is 5.10. The van der Waals surface area contributed by atoms with E-state index in [0.717, 1.165) is 11.1 Å². The maximum atomic E-state index is 13.6. The van der Waals surface area contributed by atoms with E-state index in [9.17, 15) is 18.5 Å². The molecule has 0 amide bonds. The Morgan fingerprint density at radius 1 is 0.968 bits per heavy atom. The summed E-state index contributed by atoms with van der Waals surface area (Å²) in [4.78, 5) is 10.5. The van der Waals surface area contributed by atoms with Crippen LogP contribution in [0, 0.1) is 10.1 Å². The summed E-state index contributed by atoms with van der Waals surface area (Å²) in [6.07, 6.45) is 0.386. The number of hydrogen-bond acceptors (Lipinski definition) is 5. The minimum absolute atomic E-state index is 0.0888. The quantitative estimate of drug-likeness (QED) is 0.363. The average Bonchev–Trinajstić information content (AvgIpc) is 2.78. The van der Waals surface area contributed by atoms with Crippen LogP contribution in [0.15, 0.2) is 83.8 Å². The van der Waals surface area contributed by atoms with Crippen LogP contribution in [0.4, 0.5) is 5.69 Å². The first-order valence-corrected chi connectivity index (χ1v) is 11.2. The van der Waals surface area contributed by atoms with Crippen LogP contribution in [-0.4, -0.2) is 30.8 Å². The van der Waals surface area contributed by atoms with Crippen LogP contribution >= 0.6 is 0 Å². The van der Waals surface area contributed by atoms with Crippen LogP contribution in [0.1, 0.15) is 18.1 Å². The Labute approximate surface area is 182 Å². The maximum Gasteiger partial charge on any atom is 0.289 e. The van der Waals surface area contributed by atoms with Crippen molar-refractivity contribution >= 4 is 15.7 Å². The summed E-state index contributed by atoms with van der Waals surface area (Å²) in [5, 5.41) is 11.5. The van der Waals surface area contributed by atoms with Crippen LogP contribution < -0.4 is 4.74 Å². The molecule has 162 valence electrons. The molecule has 3 aromatic rings. The highest BCUT2D eigenvalue weighted by Gasteiger charge is 2.34. The van der Waals surface area contributed by atoms with Crippen molar-refractivity contribution in [3.8, 4) is 5.75 Å². The molecule has 3 rings (SSSR count). The Balaban J connectivity index is 2.05. The van der Waals surface area contributed by atoms with Crippen molar-refractivity contribution in [2.45, 2.75) is 30.8 Å². The van der Waals surface area contributed by atoms with Gasteiger partial charge in [0.2, 0.25) is 10.0 Å². The number of para-hydroxylation sites is 2. The minimum Gasteiger partial charge on any atom is -0.496 e. The van der Waals surface area contributed by atoms with Crippen molar-refractivity contribution in [3.05, 3.63) is 100 Å². The van der Waals surface area contributed by atoms with E-state index < -0.39 is 26.7 Å². The Bertz CT molecular complexity index is 1150. The molecule has 0 fully saturated rings. The third-order valence-electron chi connectivity index (χ3n) is 5.03. The molecule has 0 aliphatic rings. The maximum absolute atomic E-state index is 13.6. The van der Waals surface area contributed by atoms with Crippen LogP contribution in [0.2, 0.25) is 0 Å². The molecule has 0 spiro atoms. The molecule has 0 radical (unpaired) electrons. The molecule has 0 bridgehead atoms. The highest BCUT2D eigenvalue weighted by atomic mass is 32.2. The number of methoxy groups -OCH3 is 1. The molecule has 0 aliphatic heterocycles. The monoisotopic (exact) mass is 440 g/mol. The highest BCUT2D eigenvalue weighted by molar-refractivity contribution is 7.89. The predicted octanol–water partition coefficient (Wildman–Crippen LogP) is 4.43. The van der Waals surface area contributed by atoms with E-state index in [1.165, 1.54) is 28.6 Å². The number of nitro groups is 1. The van der Waals surface area contributed by atoms with E-state index >= 15 is 0 Å². The molecule has 3 aromatic carbocycles. The Morgan fingerprint density at radius 3 is 2.26 bits per heavy atom. The molecule has 1 unspecified atom stereocenters. The largest absolute Gasteiger partial charge is 0.496 e. The van der Waals surface area contributed by atoms with Crippen molar-refractivity contribution in [1.29, 1.82) is 0 Å². The van der Waals surface area contributed by atoms with E-state index in [-0.39, 0.29) is 11.4 Å². The SMILES string of the molecule is COc1ccccc1CC(C)N(Cc1ccccc1)S(=O)(=O)c1ccccc1[N+](=O)[O-]. The van der Waals surface area contributed by atoms with Gasteiger partial charge in [-0.3, -0.25) is 10.1 Å². The molecule has 0 aromatic heterocycles. The van der Waals surface area contributed by atoms with Gasteiger partial charge in [0.05, 0.1) is 12.0 Å². The lowest BCUT2D eigenvalue weighted by Gasteiger charge is -2.29. The number of benzene rings is 3.